The summed E-state index contributed by atoms with van der Waals surface area (Å²) < 4.78 is 24.5. The summed E-state index contributed by atoms with van der Waals surface area (Å²) >= 11 is 1.63. The Morgan fingerprint density at radius 1 is 1.48 bits per heavy atom. The Balaban J connectivity index is 2.42. The highest BCUT2D eigenvalue weighted by Crippen LogP contribution is 2.09. The number of hydrogen-bond donors (Lipinski definition) is 1. The van der Waals surface area contributed by atoms with Crippen molar-refractivity contribution < 1.29 is 8.42 Å². The minimum atomic E-state index is -3.12. The molecule has 0 aromatic carbocycles. The van der Waals surface area contributed by atoms with Crippen molar-refractivity contribution in [2.24, 2.45) is 4.99 Å². The van der Waals surface area contributed by atoms with Crippen LogP contribution in [0.4, 0.5) is 0 Å². The van der Waals surface area contributed by atoms with E-state index >= 15 is 0 Å². The summed E-state index contributed by atoms with van der Waals surface area (Å²) in [7, 11) is 0.575. The first-order valence-corrected chi connectivity index (χ1v) is 10.3. The highest BCUT2D eigenvalue weighted by molar-refractivity contribution is 7.88. The van der Waals surface area contributed by atoms with Crippen LogP contribution in [0.2, 0.25) is 0 Å². The van der Waals surface area contributed by atoms with E-state index in [4.69, 9.17) is 0 Å². The van der Waals surface area contributed by atoms with Gasteiger partial charge in [0.15, 0.2) is 5.96 Å². The maximum Gasteiger partial charge on any atom is 0.211 e. The van der Waals surface area contributed by atoms with Crippen molar-refractivity contribution in [2.45, 2.75) is 26.8 Å². The maximum absolute atomic E-state index is 11.5. The molecule has 1 rings (SSSR count). The molecule has 0 saturated carbocycles. The molecule has 0 amide bonds. The third kappa shape index (κ3) is 6.84. The van der Waals surface area contributed by atoms with Gasteiger partial charge in [0, 0.05) is 39.1 Å². The van der Waals surface area contributed by atoms with E-state index < -0.39 is 10.0 Å². The van der Waals surface area contributed by atoms with Crippen LogP contribution in [0.5, 0.6) is 0 Å². The Labute approximate surface area is 143 Å². The third-order valence-corrected chi connectivity index (χ3v) is 5.53. The van der Waals surface area contributed by atoms with Gasteiger partial charge in [-0.15, -0.1) is 11.3 Å². The fourth-order valence-corrected chi connectivity index (χ4v) is 3.73. The summed E-state index contributed by atoms with van der Waals surface area (Å²) in [6.45, 7) is 6.19. The molecule has 23 heavy (non-hydrogen) atoms. The monoisotopic (exact) mass is 361 g/mol. The van der Waals surface area contributed by atoms with Gasteiger partial charge in [-0.3, -0.25) is 4.99 Å². The van der Waals surface area contributed by atoms with E-state index in [9.17, 15) is 8.42 Å². The zero-order valence-corrected chi connectivity index (χ0v) is 16.2. The predicted molar refractivity (Wildman–Crippen MR) is 96.4 cm³/mol. The van der Waals surface area contributed by atoms with Crippen molar-refractivity contribution >= 4 is 27.3 Å². The molecule has 0 aliphatic rings. The van der Waals surface area contributed by atoms with E-state index in [1.165, 1.54) is 10.6 Å². The molecule has 0 aliphatic carbocycles. The highest BCUT2D eigenvalue weighted by atomic mass is 32.2. The normalized spacial score (nSPS) is 12.7. The van der Waals surface area contributed by atoms with Crippen LogP contribution in [-0.4, -0.2) is 68.6 Å². The standard InChI is InChI=1S/C14H27N5O2S2/c1-6-19(23(5,20)21)9-7-8-16-14(15-3)18(4)10-13-11-22-12(2)17-13/h11H,6-10H2,1-5H3,(H,15,16). The van der Waals surface area contributed by atoms with Crippen LogP contribution in [0, 0.1) is 6.92 Å². The number of guanidine groups is 1. The highest BCUT2D eigenvalue weighted by Gasteiger charge is 2.14. The van der Waals surface area contributed by atoms with E-state index in [0.29, 0.717) is 26.2 Å². The van der Waals surface area contributed by atoms with Gasteiger partial charge in [0.25, 0.3) is 0 Å². The molecular weight excluding hydrogens is 334 g/mol. The first kappa shape index (κ1) is 19.9. The molecular formula is C14H27N5O2S2. The lowest BCUT2D eigenvalue weighted by Crippen LogP contribution is -2.40. The second kappa shape index (κ2) is 9.19. The lowest BCUT2D eigenvalue weighted by molar-refractivity contribution is 0.419. The molecule has 0 atom stereocenters. The smallest absolute Gasteiger partial charge is 0.211 e. The average molecular weight is 362 g/mol. The fourth-order valence-electron chi connectivity index (χ4n) is 2.20. The number of nitrogens with zero attached hydrogens (tertiary/aromatic N) is 4. The Morgan fingerprint density at radius 2 is 2.17 bits per heavy atom. The van der Waals surface area contributed by atoms with E-state index in [1.807, 2.05) is 31.2 Å². The van der Waals surface area contributed by atoms with Crippen LogP contribution in [0.1, 0.15) is 24.0 Å². The summed E-state index contributed by atoms with van der Waals surface area (Å²) in [5.74, 6) is 0.776. The van der Waals surface area contributed by atoms with Crippen molar-refractivity contribution in [2.75, 3.05) is 40.0 Å². The van der Waals surface area contributed by atoms with Gasteiger partial charge >= 0.3 is 0 Å². The Bertz CT molecular complexity index is 612. The molecule has 1 heterocycles. The van der Waals surface area contributed by atoms with Gasteiger partial charge in [-0.2, -0.15) is 0 Å². The largest absolute Gasteiger partial charge is 0.356 e. The summed E-state index contributed by atoms with van der Waals surface area (Å²) in [5, 5.41) is 6.36. The van der Waals surface area contributed by atoms with Crippen LogP contribution < -0.4 is 5.32 Å². The molecule has 1 N–H and O–H groups in total. The fraction of sp³-hybridized carbons (Fsp3) is 0.714. The molecule has 0 unspecified atom stereocenters. The lowest BCUT2D eigenvalue weighted by Gasteiger charge is -2.22. The summed E-state index contributed by atoms with van der Waals surface area (Å²) in [6.07, 6.45) is 1.97. The number of sulfonamides is 1. The second-order valence-electron chi connectivity index (χ2n) is 5.30. The van der Waals surface area contributed by atoms with E-state index in [-0.39, 0.29) is 0 Å². The number of nitrogens with one attached hydrogen (secondary N) is 1. The van der Waals surface area contributed by atoms with Crippen molar-refractivity contribution in [1.29, 1.82) is 0 Å². The van der Waals surface area contributed by atoms with Gasteiger partial charge in [0.05, 0.1) is 23.5 Å². The minimum Gasteiger partial charge on any atom is -0.356 e. The molecule has 7 nitrogen and oxygen atoms in total. The van der Waals surface area contributed by atoms with Crippen molar-refractivity contribution in [3.63, 3.8) is 0 Å². The Kier molecular flexibility index (Phi) is 7.93. The predicted octanol–water partition coefficient (Wildman–Crippen LogP) is 1.13. The number of aromatic nitrogens is 1. The minimum absolute atomic E-state index is 0.497. The van der Waals surface area contributed by atoms with Crippen molar-refractivity contribution in [1.82, 2.24) is 19.5 Å². The third-order valence-electron chi connectivity index (χ3n) is 3.33. The van der Waals surface area contributed by atoms with Gasteiger partial charge in [-0.25, -0.2) is 17.7 Å². The van der Waals surface area contributed by atoms with Crippen LogP contribution in [0.15, 0.2) is 10.4 Å². The van der Waals surface area contributed by atoms with Crippen LogP contribution in [0.3, 0.4) is 0 Å². The zero-order valence-electron chi connectivity index (χ0n) is 14.5. The molecule has 0 fully saturated rings. The van der Waals surface area contributed by atoms with E-state index in [2.05, 4.69) is 15.3 Å². The van der Waals surface area contributed by atoms with Crippen molar-refractivity contribution in [3.8, 4) is 0 Å². The topological polar surface area (TPSA) is 77.9 Å². The molecule has 0 aliphatic heterocycles. The lowest BCUT2D eigenvalue weighted by atomic mass is 10.4. The maximum atomic E-state index is 11.5. The number of aliphatic imine (C=N–C) groups is 1. The first-order chi connectivity index (χ1) is 10.8. The van der Waals surface area contributed by atoms with Crippen LogP contribution >= 0.6 is 11.3 Å². The zero-order chi connectivity index (χ0) is 17.5. The van der Waals surface area contributed by atoms with Gasteiger partial charge in [0.1, 0.15) is 0 Å². The molecule has 9 heteroatoms. The van der Waals surface area contributed by atoms with Crippen LogP contribution in [0.25, 0.3) is 0 Å². The van der Waals surface area contributed by atoms with Gasteiger partial charge in [-0.1, -0.05) is 6.92 Å². The molecule has 0 spiro atoms. The summed E-state index contributed by atoms with van der Waals surface area (Å²) in [5.41, 5.74) is 1.02. The average Bonchev–Trinajstić information content (AvgIpc) is 2.86. The Hall–Kier alpha value is -1.19. The number of rotatable bonds is 8. The summed E-state index contributed by atoms with van der Waals surface area (Å²) in [4.78, 5) is 10.7. The molecule has 0 saturated heterocycles. The van der Waals surface area contributed by atoms with Gasteiger partial charge in [-0.05, 0) is 13.3 Å². The van der Waals surface area contributed by atoms with Crippen molar-refractivity contribution in [3.05, 3.63) is 16.1 Å². The van der Waals surface area contributed by atoms with E-state index in [1.54, 1.807) is 18.4 Å². The van der Waals surface area contributed by atoms with E-state index in [0.717, 1.165) is 23.1 Å². The SMILES string of the molecule is CCN(CCCNC(=NC)N(C)Cc1csc(C)n1)S(C)(=O)=O. The van der Waals surface area contributed by atoms with Gasteiger partial charge < -0.3 is 10.2 Å². The Morgan fingerprint density at radius 3 is 2.65 bits per heavy atom. The molecule has 1 aromatic rings. The second-order valence-corrected chi connectivity index (χ2v) is 8.34. The molecule has 0 bridgehead atoms. The molecule has 132 valence electrons. The van der Waals surface area contributed by atoms with Gasteiger partial charge in [0.2, 0.25) is 10.0 Å². The quantitative estimate of drug-likeness (QED) is 0.427. The number of hydrogen-bond acceptors (Lipinski definition) is 5. The molecule has 0 radical (unpaired) electrons. The van der Waals surface area contributed by atoms with Crippen LogP contribution in [-0.2, 0) is 16.6 Å². The first-order valence-electron chi connectivity index (χ1n) is 7.55. The molecule has 1 aromatic heterocycles. The number of thiazole rings is 1. The summed E-state index contributed by atoms with van der Waals surface area (Å²) in [6, 6.07) is 0. The number of aryl methyl sites for hydroxylation is 1.